The van der Waals surface area contributed by atoms with Crippen LogP contribution in [-0.2, 0) is 34.8 Å². The molecule has 0 aromatic carbocycles. The molecule has 0 aliphatic heterocycles. The lowest BCUT2D eigenvalue weighted by Crippen LogP contribution is -2.39. The number of hydrogen-bond donors (Lipinski definition) is 5. The molecular weight excluding hydrogens is 496 g/mol. The molecule has 35 heavy (non-hydrogen) atoms. The molecule has 14 nitrogen and oxygen atoms in total. The zero-order chi connectivity index (χ0) is 27.0. The molecule has 0 saturated carbocycles. The van der Waals surface area contributed by atoms with E-state index in [0.29, 0.717) is 0 Å². The maximum Gasteiger partial charge on any atom is 0.358 e. The highest BCUT2D eigenvalue weighted by molar-refractivity contribution is 7.53. The van der Waals surface area contributed by atoms with Crippen molar-refractivity contribution in [3.8, 4) is 0 Å². The molecule has 200 valence electrons. The molecule has 5 atom stereocenters. The van der Waals surface area contributed by atoms with E-state index in [2.05, 4.69) is 14.8 Å². The van der Waals surface area contributed by atoms with Gasteiger partial charge in [0, 0.05) is 38.4 Å². The van der Waals surface area contributed by atoms with E-state index in [4.69, 9.17) is 9.47 Å². The summed E-state index contributed by atoms with van der Waals surface area (Å²) in [6.07, 6.45) is -3.31. The molecule has 0 spiro atoms. The summed E-state index contributed by atoms with van der Waals surface area (Å²) in [6.45, 7) is 2.68. The standard InChI is InChI=1S/C19H31FN3O11P/c1-5-19(20,34-35(30,31)13(4)27)6-7-32-17(15(28)9-24)23-8-14(10-33-12(3)26)16(21-11(2)25)22-18(23)29/h8,13,15,17,24,27-28H,5-7,9-10H2,1-4H3,(H,30,31)(H,21,22,25,29)/t13?,15-,17-,19?/m1/s1. The van der Waals surface area contributed by atoms with Crippen molar-refractivity contribution in [2.24, 2.45) is 0 Å². The Labute approximate surface area is 200 Å². The Morgan fingerprint density at radius 1 is 1.34 bits per heavy atom. The number of aliphatic hydroxyl groups excluding tert-OH is 3. The van der Waals surface area contributed by atoms with Crippen LogP contribution in [0.5, 0.6) is 0 Å². The van der Waals surface area contributed by atoms with Crippen molar-refractivity contribution in [3.63, 3.8) is 0 Å². The predicted octanol–water partition coefficient (Wildman–Crippen LogP) is 0.139. The van der Waals surface area contributed by atoms with Crippen LogP contribution in [0.15, 0.2) is 11.0 Å². The summed E-state index contributed by atoms with van der Waals surface area (Å²) < 4.78 is 42.5. The minimum atomic E-state index is -4.70. The fourth-order valence-electron chi connectivity index (χ4n) is 2.65. The first kappa shape index (κ1) is 30.8. The first-order valence-electron chi connectivity index (χ1n) is 10.5. The Morgan fingerprint density at radius 2 is 1.97 bits per heavy atom. The number of esters is 1. The van der Waals surface area contributed by atoms with Gasteiger partial charge in [-0.05, 0) is 6.92 Å². The van der Waals surface area contributed by atoms with Crippen LogP contribution in [0.4, 0.5) is 10.2 Å². The van der Waals surface area contributed by atoms with Gasteiger partial charge in [0.1, 0.15) is 18.5 Å². The number of rotatable bonds is 14. The molecule has 1 amide bonds. The summed E-state index contributed by atoms with van der Waals surface area (Å²) in [6, 6.07) is 0. The molecule has 0 saturated heterocycles. The largest absolute Gasteiger partial charge is 0.461 e. The van der Waals surface area contributed by atoms with Gasteiger partial charge < -0.3 is 35.0 Å². The van der Waals surface area contributed by atoms with Gasteiger partial charge >= 0.3 is 19.3 Å². The van der Waals surface area contributed by atoms with Crippen LogP contribution in [0.25, 0.3) is 0 Å². The van der Waals surface area contributed by atoms with Gasteiger partial charge in [0.05, 0.1) is 13.2 Å². The van der Waals surface area contributed by atoms with Crippen LogP contribution < -0.4 is 11.0 Å². The minimum Gasteiger partial charge on any atom is -0.461 e. The van der Waals surface area contributed by atoms with Gasteiger partial charge in [0.2, 0.25) is 11.8 Å². The Morgan fingerprint density at radius 3 is 2.46 bits per heavy atom. The number of carbonyl (C=O) groups is 2. The SMILES string of the molecule is CCC(F)(CCO[C@H]([C@H](O)CO)n1cc(COC(C)=O)c(NC(C)=O)nc1=O)OP(=O)(O)C(C)O. The number of aliphatic hydroxyl groups is 3. The summed E-state index contributed by atoms with van der Waals surface area (Å²) in [4.78, 5) is 48.5. The first-order chi connectivity index (χ1) is 16.2. The van der Waals surface area contributed by atoms with E-state index in [1.54, 1.807) is 0 Å². The summed E-state index contributed by atoms with van der Waals surface area (Å²) in [5, 5.41) is 31.2. The molecule has 1 aromatic rings. The minimum absolute atomic E-state index is 0.0450. The van der Waals surface area contributed by atoms with E-state index in [1.165, 1.54) is 6.92 Å². The Kier molecular flexibility index (Phi) is 11.6. The number of nitrogens with one attached hydrogen (secondary N) is 1. The van der Waals surface area contributed by atoms with Crippen LogP contribution in [0, 0.1) is 0 Å². The van der Waals surface area contributed by atoms with Crippen molar-refractivity contribution in [2.75, 3.05) is 18.5 Å². The van der Waals surface area contributed by atoms with Gasteiger partial charge in [-0.2, -0.15) is 4.98 Å². The van der Waals surface area contributed by atoms with E-state index in [9.17, 15) is 43.6 Å². The molecule has 0 aliphatic rings. The van der Waals surface area contributed by atoms with E-state index in [0.717, 1.165) is 31.5 Å². The molecule has 5 N–H and O–H groups in total. The van der Waals surface area contributed by atoms with Gasteiger partial charge in [-0.25, -0.2) is 9.18 Å². The Bertz CT molecular complexity index is 989. The average Bonchev–Trinajstić information content (AvgIpc) is 2.75. The van der Waals surface area contributed by atoms with Crippen molar-refractivity contribution in [3.05, 3.63) is 22.2 Å². The van der Waals surface area contributed by atoms with Crippen molar-refractivity contribution in [2.45, 2.75) is 71.2 Å². The molecular formula is C19H31FN3O11P. The zero-order valence-corrected chi connectivity index (χ0v) is 20.6. The lowest BCUT2D eigenvalue weighted by Gasteiger charge is -2.29. The maximum atomic E-state index is 15.0. The summed E-state index contributed by atoms with van der Waals surface area (Å²) >= 11 is 0. The van der Waals surface area contributed by atoms with Gasteiger partial charge in [-0.3, -0.25) is 23.2 Å². The lowest BCUT2D eigenvalue weighted by molar-refractivity contribution is -0.142. The smallest absolute Gasteiger partial charge is 0.358 e. The monoisotopic (exact) mass is 527 g/mol. The second-order valence-corrected chi connectivity index (χ2v) is 9.61. The third-order valence-electron chi connectivity index (χ3n) is 4.60. The molecule has 16 heteroatoms. The van der Waals surface area contributed by atoms with E-state index >= 15 is 0 Å². The molecule has 0 radical (unpaired) electrons. The fraction of sp³-hybridized carbons (Fsp3) is 0.684. The molecule has 1 aromatic heterocycles. The highest BCUT2D eigenvalue weighted by atomic mass is 31.2. The molecule has 1 heterocycles. The number of halogens is 1. The van der Waals surface area contributed by atoms with Crippen LogP contribution >= 0.6 is 7.60 Å². The van der Waals surface area contributed by atoms with Crippen LogP contribution in [0.2, 0.25) is 0 Å². The Balaban J connectivity index is 3.23. The number of nitrogens with zero attached hydrogens (tertiary/aromatic N) is 2. The lowest BCUT2D eigenvalue weighted by atomic mass is 10.2. The van der Waals surface area contributed by atoms with Crippen LogP contribution in [-0.4, -0.2) is 72.7 Å². The van der Waals surface area contributed by atoms with E-state index in [1.807, 2.05) is 0 Å². The van der Waals surface area contributed by atoms with E-state index < -0.39 is 81.9 Å². The Hall–Kier alpha value is -2.26. The number of anilines is 1. The fourth-order valence-corrected chi connectivity index (χ4v) is 3.49. The normalized spacial score (nSPS) is 17.5. The first-order valence-corrected chi connectivity index (χ1v) is 12.1. The van der Waals surface area contributed by atoms with Gasteiger partial charge in [0.15, 0.2) is 12.1 Å². The van der Waals surface area contributed by atoms with Crippen molar-refractivity contribution in [1.29, 1.82) is 0 Å². The molecule has 0 fully saturated rings. The highest BCUT2D eigenvalue weighted by Gasteiger charge is 2.40. The van der Waals surface area contributed by atoms with Gasteiger partial charge in [0.25, 0.3) is 0 Å². The number of amides is 1. The van der Waals surface area contributed by atoms with Crippen LogP contribution in [0.1, 0.15) is 52.3 Å². The second-order valence-electron chi connectivity index (χ2n) is 7.55. The maximum absolute atomic E-state index is 15.0. The average molecular weight is 527 g/mol. The number of carbonyl (C=O) groups excluding carboxylic acids is 2. The third-order valence-corrected chi connectivity index (χ3v) is 6.13. The predicted molar refractivity (Wildman–Crippen MR) is 118 cm³/mol. The van der Waals surface area contributed by atoms with E-state index in [-0.39, 0.29) is 11.4 Å². The highest BCUT2D eigenvalue weighted by Crippen LogP contribution is 2.51. The van der Waals surface area contributed by atoms with Crippen molar-refractivity contribution < 1.29 is 52.8 Å². The van der Waals surface area contributed by atoms with Gasteiger partial charge in [-0.15, -0.1) is 0 Å². The molecule has 0 bridgehead atoms. The van der Waals surface area contributed by atoms with Crippen molar-refractivity contribution in [1.82, 2.24) is 9.55 Å². The zero-order valence-electron chi connectivity index (χ0n) is 19.7. The van der Waals surface area contributed by atoms with Crippen molar-refractivity contribution >= 4 is 25.3 Å². The molecule has 0 aliphatic carbocycles. The summed E-state index contributed by atoms with van der Waals surface area (Å²) in [7, 11) is -4.70. The number of hydrogen-bond acceptors (Lipinski definition) is 11. The summed E-state index contributed by atoms with van der Waals surface area (Å²) in [5.41, 5.74) is -0.992. The van der Waals surface area contributed by atoms with Crippen LogP contribution in [0.3, 0.4) is 0 Å². The molecule has 3 unspecified atom stereocenters. The summed E-state index contributed by atoms with van der Waals surface area (Å²) in [5.74, 6) is -6.00. The third kappa shape index (κ3) is 9.37. The number of aromatic nitrogens is 2. The second kappa shape index (κ2) is 13.2. The number of alkyl halides is 1. The quantitative estimate of drug-likeness (QED) is 0.162. The number of ether oxygens (including phenoxy) is 2. The van der Waals surface area contributed by atoms with Gasteiger partial charge in [-0.1, -0.05) is 6.92 Å². The topological polar surface area (TPSA) is 207 Å². The molecule has 1 rings (SSSR count).